The van der Waals surface area contributed by atoms with E-state index >= 15 is 0 Å². The van der Waals surface area contributed by atoms with Gasteiger partial charge in [-0.15, -0.1) is 0 Å². The molecule has 4 nitrogen and oxygen atoms in total. The lowest BCUT2D eigenvalue weighted by Crippen LogP contribution is -2.64. The molecule has 3 fully saturated rings. The summed E-state index contributed by atoms with van der Waals surface area (Å²) in [6.45, 7) is 4.99. The van der Waals surface area contributed by atoms with E-state index in [9.17, 15) is 15.3 Å². The first kappa shape index (κ1) is 24.2. The summed E-state index contributed by atoms with van der Waals surface area (Å²) in [6.07, 6.45) is 9.71. The van der Waals surface area contributed by atoms with Crippen molar-refractivity contribution in [1.82, 2.24) is 0 Å². The van der Waals surface area contributed by atoms with E-state index in [-0.39, 0.29) is 17.4 Å². The summed E-state index contributed by atoms with van der Waals surface area (Å²) in [6, 6.07) is 18.0. The molecular formula is C32H40O4. The number of rotatable bonds is 4. The molecule has 4 aliphatic carbocycles. The Morgan fingerprint density at radius 1 is 0.861 bits per heavy atom. The average molecular weight is 489 g/mol. The Bertz CT molecular complexity index is 1130. The Morgan fingerprint density at radius 3 is 2.36 bits per heavy atom. The normalized spacial score (nSPS) is 43.4. The van der Waals surface area contributed by atoms with Crippen LogP contribution in [0.1, 0.15) is 69.9 Å². The molecule has 192 valence electrons. The minimum absolute atomic E-state index is 0.0116. The minimum Gasteiger partial charge on any atom is -0.489 e. The molecule has 0 aliphatic heterocycles. The van der Waals surface area contributed by atoms with Crippen LogP contribution in [0.15, 0.2) is 66.7 Å². The second-order valence-electron chi connectivity index (χ2n) is 12.5. The van der Waals surface area contributed by atoms with Crippen molar-refractivity contribution in [3.63, 3.8) is 0 Å². The summed E-state index contributed by atoms with van der Waals surface area (Å²) in [7, 11) is 0. The molecule has 36 heavy (non-hydrogen) atoms. The molecule has 0 saturated heterocycles. The molecule has 6 rings (SSSR count). The first-order chi connectivity index (χ1) is 17.2. The quantitative estimate of drug-likeness (QED) is 0.480. The van der Waals surface area contributed by atoms with Gasteiger partial charge in [0.1, 0.15) is 12.4 Å². The molecular weight excluding hydrogens is 448 g/mol. The van der Waals surface area contributed by atoms with Crippen LogP contribution in [0.4, 0.5) is 0 Å². The van der Waals surface area contributed by atoms with Gasteiger partial charge in [-0.05, 0) is 91.4 Å². The van der Waals surface area contributed by atoms with Gasteiger partial charge in [-0.1, -0.05) is 68.5 Å². The number of hydrogen-bond donors (Lipinski definition) is 3. The Morgan fingerprint density at radius 2 is 1.61 bits per heavy atom. The molecule has 2 aromatic rings. The van der Waals surface area contributed by atoms with Crippen molar-refractivity contribution in [2.45, 2.75) is 82.7 Å². The van der Waals surface area contributed by atoms with Crippen LogP contribution in [0.2, 0.25) is 0 Å². The van der Waals surface area contributed by atoms with Gasteiger partial charge in [0.05, 0.1) is 17.3 Å². The predicted octanol–water partition coefficient (Wildman–Crippen LogP) is 5.75. The highest BCUT2D eigenvalue weighted by Crippen LogP contribution is 2.71. The summed E-state index contributed by atoms with van der Waals surface area (Å²) in [5.74, 6) is 1.80. The molecule has 4 heteroatoms. The van der Waals surface area contributed by atoms with Crippen molar-refractivity contribution in [1.29, 1.82) is 0 Å². The van der Waals surface area contributed by atoms with E-state index in [4.69, 9.17) is 4.74 Å². The van der Waals surface area contributed by atoms with Gasteiger partial charge < -0.3 is 20.1 Å². The number of aliphatic hydroxyl groups excluding tert-OH is 1. The van der Waals surface area contributed by atoms with Crippen LogP contribution in [0.25, 0.3) is 0 Å². The maximum absolute atomic E-state index is 12.4. The number of benzene rings is 2. The van der Waals surface area contributed by atoms with Crippen LogP contribution in [0.3, 0.4) is 0 Å². The summed E-state index contributed by atoms with van der Waals surface area (Å²) >= 11 is 0. The number of fused-ring (bicyclic) bond motifs is 5. The van der Waals surface area contributed by atoms with E-state index in [1.165, 1.54) is 0 Å². The van der Waals surface area contributed by atoms with Crippen LogP contribution in [-0.4, -0.2) is 27.0 Å². The predicted molar refractivity (Wildman–Crippen MR) is 140 cm³/mol. The van der Waals surface area contributed by atoms with Crippen molar-refractivity contribution < 1.29 is 20.1 Å². The van der Waals surface area contributed by atoms with Crippen molar-refractivity contribution >= 4 is 0 Å². The molecule has 3 N–H and O–H groups in total. The lowest BCUT2D eigenvalue weighted by molar-refractivity contribution is -0.229. The second-order valence-corrected chi connectivity index (χ2v) is 12.5. The highest BCUT2D eigenvalue weighted by atomic mass is 16.5. The minimum atomic E-state index is -1.07. The molecule has 0 aromatic heterocycles. The van der Waals surface area contributed by atoms with E-state index in [0.717, 1.165) is 49.0 Å². The van der Waals surface area contributed by atoms with Gasteiger partial charge in [-0.3, -0.25) is 0 Å². The lowest BCUT2D eigenvalue weighted by atomic mass is 9.43. The van der Waals surface area contributed by atoms with Crippen LogP contribution in [-0.2, 0) is 12.2 Å². The Hall–Kier alpha value is -2.14. The third kappa shape index (κ3) is 3.37. The SMILES string of the molecule is C[C@]12C=CC(O)CC1CC[C@@H]1[C@H]2CC[C@]2(C)C(O)(c3ccc(OCc4ccccc4)cc3)CC[C@@]12O. The van der Waals surface area contributed by atoms with Crippen molar-refractivity contribution in [2.75, 3.05) is 0 Å². The molecule has 0 spiro atoms. The highest BCUT2D eigenvalue weighted by molar-refractivity contribution is 5.37. The topological polar surface area (TPSA) is 69.9 Å². The number of allylic oxidation sites excluding steroid dienone is 1. The molecule has 0 heterocycles. The molecule has 0 amide bonds. The monoisotopic (exact) mass is 488 g/mol. The highest BCUT2D eigenvalue weighted by Gasteiger charge is 2.71. The number of hydrogen-bond acceptors (Lipinski definition) is 4. The molecule has 0 bridgehead atoms. The molecule has 4 aliphatic rings. The van der Waals surface area contributed by atoms with Gasteiger partial charge in [0.15, 0.2) is 0 Å². The second kappa shape index (κ2) is 8.44. The Kier molecular flexibility index (Phi) is 5.68. The van der Waals surface area contributed by atoms with Gasteiger partial charge in [0.2, 0.25) is 0 Å². The standard InChI is InChI=1S/C32H40O4/c1-29-16-14-25(33)20-24(29)10-13-28-27(29)15-17-30(2)31(34,18-19-32(28,30)35)23-8-11-26(12-9-23)36-21-22-6-4-3-5-7-22/h3-9,11-12,14,16,24-25,27-28,33-35H,10,13,15,17-21H2,1-2H3/t24?,25?,27-,28-,29+,30-,31?,32-/m1/s1. The van der Waals surface area contributed by atoms with Crippen LogP contribution >= 0.6 is 0 Å². The first-order valence-corrected chi connectivity index (χ1v) is 13.8. The fraction of sp³-hybridized carbons (Fsp3) is 0.562. The summed E-state index contributed by atoms with van der Waals surface area (Å²) in [5, 5.41) is 34.9. The van der Waals surface area contributed by atoms with Crippen LogP contribution in [0, 0.1) is 28.6 Å². The average Bonchev–Trinajstić information content (AvgIpc) is 3.11. The van der Waals surface area contributed by atoms with Gasteiger partial charge in [0.25, 0.3) is 0 Å². The van der Waals surface area contributed by atoms with Crippen molar-refractivity contribution in [2.24, 2.45) is 28.6 Å². The Balaban J connectivity index is 1.25. The van der Waals surface area contributed by atoms with E-state index in [0.29, 0.717) is 31.3 Å². The van der Waals surface area contributed by atoms with Crippen LogP contribution in [0.5, 0.6) is 5.75 Å². The van der Waals surface area contributed by atoms with Gasteiger partial charge >= 0.3 is 0 Å². The fourth-order valence-corrected chi connectivity index (χ4v) is 8.81. The molecule has 8 atom stereocenters. The van der Waals surface area contributed by atoms with E-state index in [1.54, 1.807) is 0 Å². The number of ether oxygens (including phenoxy) is 1. The molecule has 3 saturated carbocycles. The summed E-state index contributed by atoms with van der Waals surface area (Å²) < 4.78 is 5.98. The van der Waals surface area contributed by atoms with E-state index in [1.807, 2.05) is 60.7 Å². The zero-order valence-corrected chi connectivity index (χ0v) is 21.6. The fourth-order valence-electron chi connectivity index (χ4n) is 8.81. The molecule has 2 aromatic carbocycles. The third-order valence-electron chi connectivity index (χ3n) is 11.1. The zero-order valence-electron chi connectivity index (χ0n) is 21.6. The van der Waals surface area contributed by atoms with Crippen LogP contribution < -0.4 is 4.74 Å². The smallest absolute Gasteiger partial charge is 0.119 e. The largest absolute Gasteiger partial charge is 0.489 e. The van der Waals surface area contributed by atoms with E-state index in [2.05, 4.69) is 19.9 Å². The summed E-state index contributed by atoms with van der Waals surface area (Å²) in [4.78, 5) is 0. The molecule has 3 unspecified atom stereocenters. The first-order valence-electron chi connectivity index (χ1n) is 13.8. The maximum atomic E-state index is 12.4. The number of aliphatic hydroxyl groups is 3. The third-order valence-corrected chi connectivity index (χ3v) is 11.1. The van der Waals surface area contributed by atoms with E-state index < -0.39 is 16.6 Å². The maximum Gasteiger partial charge on any atom is 0.119 e. The summed E-state index contributed by atoms with van der Waals surface area (Å²) in [5.41, 5.74) is -0.554. The lowest BCUT2D eigenvalue weighted by Gasteiger charge is -2.63. The van der Waals surface area contributed by atoms with Gasteiger partial charge in [-0.25, -0.2) is 0 Å². The van der Waals surface area contributed by atoms with Gasteiger partial charge in [-0.2, -0.15) is 0 Å². The van der Waals surface area contributed by atoms with Crippen molar-refractivity contribution in [3.05, 3.63) is 77.9 Å². The van der Waals surface area contributed by atoms with Gasteiger partial charge in [0, 0.05) is 5.41 Å². The van der Waals surface area contributed by atoms with Crippen molar-refractivity contribution in [3.8, 4) is 5.75 Å². The Labute approximate surface area is 215 Å². The molecule has 0 radical (unpaired) electrons. The zero-order chi connectivity index (χ0) is 25.2.